The van der Waals surface area contributed by atoms with Crippen LogP contribution in [0.4, 0.5) is 0 Å². The van der Waals surface area contributed by atoms with Crippen LogP contribution in [0.5, 0.6) is 0 Å². The normalized spacial score (nSPS) is 29.4. The van der Waals surface area contributed by atoms with E-state index in [4.69, 9.17) is 0 Å². The zero-order valence-electron chi connectivity index (χ0n) is 10.7. The molecule has 18 heavy (non-hydrogen) atoms. The molecule has 0 amide bonds. The number of hydrazone groups is 1. The summed E-state index contributed by atoms with van der Waals surface area (Å²) in [6, 6.07) is 3.98. The van der Waals surface area contributed by atoms with Gasteiger partial charge in [-0.3, -0.25) is 9.78 Å². The van der Waals surface area contributed by atoms with E-state index in [9.17, 15) is 4.79 Å². The number of Topliss-reactive ketones (excluding diaryl/α,β-unsaturated/α-hetero) is 1. The van der Waals surface area contributed by atoms with Crippen LogP contribution in [-0.4, -0.2) is 22.5 Å². The molecule has 1 saturated carbocycles. The third kappa shape index (κ3) is 1.82. The average molecular weight is 243 g/mol. The maximum atomic E-state index is 12.3. The largest absolute Gasteiger partial charge is 0.306 e. The Hall–Kier alpha value is -1.71. The molecule has 0 radical (unpaired) electrons. The van der Waals surface area contributed by atoms with Gasteiger partial charge in [0.15, 0.2) is 0 Å². The van der Waals surface area contributed by atoms with Gasteiger partial charge in [-0.25, -0.2) is 0 Å². The number of aromatic nitrogens is 1. The first-order valence-electron chi connectivity index (χ1n) is 6.33. The van der Waals surface area contributed by atoms with E-state index in [2.05, 4.69) is 29.4 Å². The molecule has 2 atom stereocenters. The number of carbonyl (C=O) groups is 1. The third-order valence-electron chi connectivity index (χ3n) is 3.80. The number of ketones is 1. The van der Waals surface area contributed by atoms with Gasteiger partial charge in [0, 0.05) is 24.4 Å². The van der Waals surface area contributed by atoms with Gasteiger partial charge < -0.3 is 5.43 Å². The summed E-state index contributed by atoms with van der Waals surface area (Å²) in [4.78, 5) is 16.3. The molecule has 0 saturated heterocycles. The number of nitrogens with one attached hydrogen (secondary N) is 1. The minimum absolute atomic E-state index is 0.0778. The van der Waals surface area contributed by atoms with Crippen molar-refractivity contribution in [1.82, 2.24) is 10.4 Å². The summed E-state index contributed by atoms with van der Waals surface area (Å²) in [5, 5.41) is 4.38. The lowest BCUT2D eigenvalue weighted by Gasteiger charge is -2.36. The lowest BCUT2D eigenvalue weighted by atomic mass is 9.68. The minimum Gasteiger partial charge on any atom is -0.306 e. The van der Waals surface area contributed by atoms with Gasteiger partial charge in [-0.05, 0) is 24.0 Å². The van der Waals surface area contributed by atoms with Crippen molar-refractivity contribution in [2.75, 3.05) is 0 Å². The summed E-state index contributed by atoms with van der Waals surface area (Å²) in [6.07, 6.45) is 5.10. The monoisotopic (exact) mass is 243 g/mol. The Morgan fingerprint density at radius 2 is 2.06 bits per heavy atom. The maximum Gasteiger partial charge on any atom is 0.144 e. The van der Waals surface area contributed by atoms with E-state index in [1.807, 2.05) is 12.1 Å². The van der Waals surface area contributed by atoms with Crippen LogP contribution in [0.25, 0.3) is 0 Å². The molecule has 2 aliphatic rings. The second kappa shape index (κ2) is 3.90. The predicted molar refractivity (Wildman–Crippen MR) is 69.2 cm³/mol. The predicted octanol–water partition coefficient (Wildman–Crippen LogP) is 1.76. The van der Waals surface area contributed by atoms with E-state index in [0.29, 0.717) is 12.2 Å². The Labute approximate surface area is 107 Å². The van der Waals surface area contributed by atoms with Gasteiger partial charge >= 0.3 is 0 Å². The highest BCUT2D eigenvalue weighted by Crippen LogP contribution is 2.39. The maximum absolute atomic E-state index is 12.3. The Morgan fingerprint density at radius 3 is 2.78 bits per heavy atom. The molecular formula is C14H17N3O. The van der Waals surface area contributed by atoms with Crippen molar-refractivity contribution in [3.05, 3.63) is 30.1 Å². The number of nitrogens with zero attached hydrogens (tertiary/aromatic N) is 2. The van der Waals surface area contributed by atoms with Crippen LogP contribution < -0.4 is 5.43 Å². The molecule has 94 valence electrons. The van der Waals surface area contributed by atoms with Crippen molar-refractivity contribution < 1.29 is 4.79 Å². The van der Waals surface area contributed by atoms with E-state index < -0.39 is 0 Å². The second-order valence-electron chi connectivity index (χ2n) is 5.96. The summed E-state index contributed by atoms with van der Waals surface area (Å²) in [6.45, 7) is 4.29. The molecule has 0 spiro atoms. The van der Waals surface area contributed by atoms with Crippen LogP contribution in [0.3, 0.4) is 0 Å². The van der Waals surface area contributed by atoms with Gasteiger partial charge in [0.1, 0.15) is 5.78 Å². The fraction of sp³-hybridized carbons (Fsp3) is 0.500. The summed E-state index contributed by atoms with van der Waals surface area (Å²) < 4.78 is 0. The molecule has 0 unspecified atom stereocenters. The fourth-order valence-electron chi connectivity index (χ4n) is 3.04. The highest BCUT2D eigenvalue weighted by molar-refractivity contribution is 6.15. The zero-order chi connectivity index (χ0) is 12.8. The fourth-order valence-corrected chi connectivity index (χ4v) is 3.04. The van der Waals surface area contributed by atoms with Crippen LogP contribution in [0.2, 0.25) is 0 Å². The molecule has 0 aromatic carbocycles. The van der Waals surface area contributed by atoms with Crippen molar-refractivity contribution in [2.24, 2.45) is 16.4 Å². The van der Waals surface area contributed by atoms with Gasteiger partial charge in [0.2, 0.25) is 0 Å². The quantitative estimate of drug-likeness (QED) is 0.817. The molecule has 2 heterocycles. The van der Waals surface area contributed by atoms with Crippen LogP contribution in [0.1, 0.15) is 32.3 Å². The standard InChI is InChI=1S/C14H17N3O/c1-14(2)7-10-12(11(18)8-14)13(17-16-10)9-3-5-15-6-4-9/h3-6,10,12,16H,7-8H2,1-2H3/t10-,12-/m0/s1. The summed E-state index contributed by atoms with van der Waals surface area (Å²) in [7, 11) is 0. The number of hydrogen-bond acceptors (Lipinski definition) is 4. The lowest BCUT2D eigenvalue weighted by Crippen LogP contribution is -2.45. The first kappa shape index (κ1) is 11.4. The number of pyridine rings is 1. The van der Waals surface area contributed by atoms with Crippen molar-refractivity contribution in [1.29, 1.82) is 0 Å². The summed E-state index contributed by atoms with van der Waals surface area (Å²) >= 11 is 0. The third-order valence-corrected chi connectivity index (χ3v) is 3.80. The number of hydrogen-bond donors (Lipinski definition) is 1. The molecular weight excluding hydrogens is 226 g/mol. The Kier molecular flexibility index (Phi) is 2.47. The van der Waals surface area contributed by atoms with Gasteiger partial charge in [-0.2, -0.15) is 5.10 Å². The molecule has 3 rings (SSSR count). The van der Waals surface area contributed by atoms with Gasteiger partial charge in [0.05, 0.1) is 17.7 Å². The van der Waals surface area contributed by atoms with Crippen molar-refractivity contribution >= 4 is 11.5 Å². The average Bonchev–Trinajstić information content (AvgIpc) is 2.72. The highest BCUT2D eigenvalue weighted by Gasteiger charge is 2.46. The Bertz CT molecular complexity index is 507. The number of fused-ring (bicyclic) bond motifs is 1. The van der Waals surface area contributed by atoms with Crippen LogP contribution >= 0.6 is 0 Å². The first-order chi connectivity index (χ1) is 8.57. The lowest BCUT2D eigenvalue weighted by molar-refractivity contribution is -0.126. The highest BCUT2D eigenvalue weighted by atomic mass is 16.1. The second-order valence-corrected chi connectivity index (χ2v) is 5.96. The molecule has 1 aromatic heterocycles. The molecule has 1 fully saturated rings. The van der Waals surface area contributed by atoms with Crippen molar-refractivity contribution in [3.63, 3.8) is 0 Å². The van der Waals surface area contributed by atoms with E-state index >= 15 is 0 Å². The topological polar surface area (TPSA) is 54.4 Å². The van der Waals surface area contributed by atoms with Crippen LogP contribution in [0, 0.1) is 11.3 Å². The van der Waals surface area contributed by atoms with Gasteiger partial charge in [0.25, 0.3) is 0 Å². The molecule has 0 bridgehead atoms. The van der Waals surface area contributed by atoms with Gasteiger partial charge in [-0.15, -0.1) is 0 Å². The van der Waals surface area contributed by atoms with E-state index in [-0.39, 0.29) is 17.4 Å². The van der Waals surface area contributed by atoms with Crippen LogP contribution in [0.15, 0.2) is 29.6 Å². The Balaban J connectivity index is 1.91. The van der Waals surface area contributed by atoms with Gasteiger partial charge in [-0.1, -0.05) is 13.8 Å². The first-order valence-corrected chi connectivity index (χ1v) is 6.33. The molecule has 4 heteroatoms. The number of rotatable bonds is 1. The van der Waals surface area contributed by atoms with E-state index in [1.165, 1.54) is 0 Å². The molecule has 1 aliphatic heterocycles. The van der Waals surface area contributed by atoms with Crippen molar-refractivity contribution in [2.45, 2.75) is 32.7 Å². The van der Waals surface area contributed by atoms with Crippen LogP contribution in [-0.2, 0) is 4.79 Å². The Morgan fingerprint density at radius 1 is 1.33 bits per heavy atom. The molecule has 1 N–H and O–H groups in total. The van der Waals surface area contributed by atoms with E-state index in [0.717, 1.165) is 17.7 Å². The molecule has 4 nitrogen and oxygen atoms in total. The van der Waals surface area contributed by atoms with Crippen molar-refractivity contribution in [3.8, 4) is 0 Å². The molecule has 1 aliphatic carbocycles. The number of carbonyl (C=O) groups excluding carboxylic acids is 1. The molecule has 1 aromatic rings. The zero-order valence-corrected chi connectivity index (χ0v) is 10.7. The summed E-state index contributed by atoms with van der Waals surface area (Å²) in [5.74, 6) is 0.220. The smallest absolute Gasteiger partial charge is 0.144 e. The minimum atomic E-state index is -0.0829. The SMILES string of the molecule is CC1(C)CC(=O)[C@H]2C(c3ccncc3)=NN[C@H]2C1. The van der Waals surface area contributed by atoms with E-state index in [1.54, 1.807) is 12.4 Å². The summed E-state index contributed by atoms with van der Waals surface area (Å²) in [5.41, 5.74) is 5.09.